The van der Waals surface area contributed by atoms with Gasteiger partial charge in [-0.15, -0.1) is 0 Å². The SMILES string of the molecule is COc1ccccc1CC(N)c1nccn1C. The van der Waals surface area contributed by atoms with E-state index in [2.05, 4.69) is 4.98 Å². The van der Waals surface area contributed by atoms with Gasteiger partial charge >= 0.3 is 0 Å². The van der Waals surface area contributed by atoms with Crippen LogP contribution < -0.4 is 10.5 Å². The molecule has 0 aliphatic heterocycles. The van der Waals surface area contributed by atoms with Crippen molar-refractivity contribution in [1.29, 1.82) is 0 Å². The molecule has 2 rings (SSSR count). The predicted molar refractivity (Wildman–Crippen MR) is 66.8 cm³/mol. The average Bonchev–Trinajstić information content (AvgIpc) is 2.76. The molecule has 0 bridgehead atoms. The molecule has 1 aromatic heterocycles. The summed E-state index contributed by atoms with van der Waals surface area (Å²) in [6.45, 7) is 0. The Kier molecular flexibility index (Phi) is 3.44. The van der Waals surface area contributed by atoms with Gasteiger partial charge in [0.15, 0.2) is 0 Å². The highest BCUT2D eigenvalue weighted by atomic mass is 16.5. The summed E-state index contributed by atoms with van der Waals surface area (Å²) >= 11 is 0. The molecule has 2 N–H and O–H groups in total. The molecule has 0 aliphatic rings. The van der Waals surface area contributed by atoms with Crippen molar-refractivity contribution in [2.75, 3.05) is 7.11 Å². The molecule has 0 saturated heterocycles. The van der Waals surface area contributed by atoms with Gasteiger partial charge < -0.3 is 15.0 Å². The van der Waals surface area contributed by atoms with Crippen molar-refractivity contribution < 1.29 is 4.74 Å². The van der Waals surface area contributed by atoms with E-state index >= 15 is 0 Å². The molecule has 2 aromatic rings. The number of hydrogen-bond donors (Lipinski definition) is 1. The Labute approximate surface area is 101 Å². The van der Waals surface area contributed by atoms with Crippen LogP contribution in [0.25, 0.3) is 0 Å². The molecule has 90 valence electrons. The summed E-state index contributed by atoms with van der Waals surface area (Å²) in [5.74, 6) is 1.76. The number of benzene rings is 1. The van der Waals surface area contributed by atoms with Crippen LogP contribution in [0.15, 0.2) is 36.7 Å². The number of nitrogens with two attached hydrogens (primary N) is 1. The topological polar surface area (TPSA) is 53.1 Å². The van der Waals surface area contributed by atoms with Crippen LogP contribution in [0.3, 0.4) is 0 Å². The lowest BCUT2D eigenvalue weighted by atomic mass is 10.1. The molecule has 1 atom stereocenters. The fraction of sp³-hybridized carbons (Fsp3) is 0.308. The number of hydrogen-bond acceptors (Lipinski definition) is 3. The van der Waals surface area contributed by atoms with E-state index in [1.165, 1.54) is 0 Å². The van der Waals surface area contributed by atoms with Crippen LogP contribution in [0.2, 0.25) is 0 Å². The maximum absolute atomic E-state index is 6.16. The first kappa shape index (κ1) is 11.7. The van der Waals surface area contributed by atoms with Gasteiger partial charge in [-0.2, -0.15) is 0 Å². The lowest BCUT2D eigenvalue weighted by Crippen LogP contribution is -2.18. The number of aromatic nitrogens is 2. The minimum Gasteiger partial charge on any atom is -0.496 e. The quantitative estimate of drug-likeness (QED) is 0.870. The van der Waals surface area contributed by atoms with E-state index in [1.54, 1.807) is 13.3 Å². The van der Waals surface area contributed by atoms with Crippen LogP contribution >= 0.6 is 0 Å². The van der Waals surface area contributed by atoms with Crippen molar-refractivity contribution in [2.24, 2.45) is 12.8 Å². The van der Waals surface area contributed by atoms with Crippen molar-refractivity contribution in [3.63, 3.8) is 0 Å². The molecule has 0 spiro atoms. The van der Waals surface area contributed by atoms with Gasteiger partial charge in [0.1, 0.15) is 11.6 Å². The summed E-state index contributed by atoms with van der Waals surface area (Å²) in [7, 11) is 3.62. The molecular weight excluding hydrogens is 214 g/mol. The van der Waals surface area contributed by atoms with Crippen LogP contribution in [-0.2, 0) is 13.5 Å². The Bertz CT molecular complexity index is 493. The van der Waals surface area contributed by atoms with Gasteiger partial charge in [0.2, 0.25) is 0 Å². The first-order valence-electron chi connectivity index (χ1n) is 5.57. The van der Waals surface area contributed by atoms with Gasteiger partial charge in [0.05, 0.1) is 13.2 Å². The first-order chi connectivity index (χ1) is 8.22. The molecule has 0 radical (unpaired) electrons. The molecule has 1 aromatic carbocycles. The molecular formula is C13H17N3O. The predicted octanol–water partition coefficient (Wildman–Crippen LogP) is 1.67. The number of methoxy groups -OCH3 is 1. The molecule has 4 nitrogen and oxygen atoms in total. The van der Waals surface area contributed by atoms with Gasteiger partial charge in [0.25, 0.3) is 0 Å². The van der Waals surface area contributed by atoms with Gasteiger partial charge in [0, 0.05) is 19.4 Å². The van der Waals surface area contributed by atoms with Crippen molar-refractivity contribution in [3.8, 4) is 5.75 Å². The standard InChI is InChI=1S/C13H17N3O/c1-16-8-7-15-13(16)11(14)9-10-5-3-4-6-12(10)17-2/h3-8,11H,9,14H2,1-2H3. The van der Waals surface area contributed by atoms with Gasteiger partial charge in [-0.3, -0.25) is 0 Å². The zero-order chi connectivity index (χ0) is 12.3. The zero-order valence-electron chi connectivity index (χ0n) is 10.1. The lowest BCUT2D eigenvalue weighted by molar-refractivity contribution is 0.407. The van der Waals surface area contributed by atoms with Crippen LogP contribution in [0.5, 0.6) is 5.75 Å². The molecule has 17 heavy (non-hydrogen) atoms. The highest BCUT2D eigenvalue weighted by Crippen LogP contribution is 2.22. The third-order valence-corrected chi connectivity index (χ3v) is 2.82. The van der Waals surface area contributed by atoms with Crippen molar-refractivity contribution in [1.82, 2.24) is 9.55 Å². The number of ether oxygens (including phenoxy) is 1. The summed E-state index contributed by atoms with van der Waals surface area (Å²) in [6, 6.07) is 7.80. The van der Waals surface area contributed by atoms with Crippen LogP contribution in [0, 0.1) is 0 Å². The second-order valence-corrected chi connectivity index (χ2v) is 4.02. The fourth-order valence-electron chi connectivity index (χ4n) is 1.93. The average molecular weight is 231 g/mol. The van der Waals surface area contributed by atoms with Gasteiger partial charge in [-0.25, -0.2) is 4.98 Å². The first-order valence-corrected chi connectivity index (χ1v) is 5.57. The highest BCUT2D eigenvalue weighted by molar-refractivity contribution is 5.34. The van der Waals surface area contributed by atoms with Crippen molar-refractivity contribution >= 4 is 0 Å². The Morgan fingerprint density at radius 3 is 2.82 bits per heavy atom. The Morgan fingerprint density at radius 2 is 2.18 bits per heavy atom. The van der Waals surface area contributed by atoms with Gasteiger partial charge in [-0.1, -0.05) is 18.2 Å². The number of imidazole rings is 1. The molecule has 0 fully saturated rings. The summed E-state index contributed by atoms with van der Waals surface area (Å²) in [4.78, 5) is 4.26. The van der Waals surface area contributed by atoms with E-state index in [-0.39, 0.29) is 6.04 Å². The second kappa shape index (κ2) is 5.01. The Balaban J connectivity index is 2.18. The molecule has 0 aliphatic carbocycles. The lowest BCUT2D eigenvalue weighted by Gasteiger charge is -2.14. The zero-order valence-corrected chi connectivity index (χ0v) is 10.1. The molecule has 1 heterocycles. The Hall–Kier alpha value is -1.81. The summed E-state index contributed by atoms with van der Waals surface area (Å²) in [5, 5.41) is 0. The van der Waals surface area contributed by atoms with Crippen molar-refractivity contribution in [2.45, 2.75) is 12.5 Å². The second-order valence-electron chi connectivity index (χ2n) is 4.02. The van der Waals surface area contributed by atoms with E-state index in [4.69, 9.17) is 10.5 Å². The number of para-hydroxylation sites is 1. The molecule has 0 saturated carbocycles. The van der Waals surface area contributed by atoms with E-state index < -0.39 is 0 Å². The third-order valence-electron chi connectivity index (χ3n) is 2.82. The van der Waals surface area contributed by atoms with Crippen LogP contribution in [-0.4, -0.2) is 16.7 Å². The maximum Gasteiger partial charge on any atom is 0.125 e. The maximum atomic E-state index is 6.16. The van der Waals surface area contributed by atoms with E-state index in [1.807, 2.05) is 42.1 Å². The summed E-state index contributed by atoms with van der Waals surface area (Å²) < 4.78 is 7.26. The number of nitrogens with zero attached hydrogens (tertiary/aromatic N) is 2. The minimum absolute atomic E-state index is 0.119. The smallest absolute Gasteiger partial charge is 0.125 e. The minimum atomic E-state index is -0.119. The molecule has 0 amide bonds. The van der Waals surface area contributed by atoms with Crippen LogP contribution in [0.4, 0.5) is 0 Å². The van der Waals surface area contributed by atoms with E-state index in [0.717, 1.165) is 23.6 Å². The van der Waals surface area contributed by atoms with Crippen LogP contribution in [0.1, 0.15) is 17.4 Å². The normalized spacial score (nSPS) is 12.4. The third kappa shape index (κ3) is 2.47. The monoisotopic (exact) mass is 231 g/mol. The summed E-state index contributed by atoms with van der Waals surface area (Å²) in [6.07, 6.45) is 4.38. The Morgan fingerprint density at radius 1 is 1.41 bits per heavy atom. The summed E-state index contributed by atoms with van der Waals surface area (Å²) in [5.41, 5.74) is 7.26. The molecule has 4 heteroatoms. The van der Waals surface area contributed by atoms with E-state index in [9.17, 15) is 0 Å². The number of aryl methyl sites for hydroxylation is 1. The number of rotatable bonds is 4. The van der Waals surface area contributed by atoms with E-state index in [0.29, 0.717) is 0 Å². The van der Waals surface area contributed by atoms with Crippen molar-refractivity contribution in [3.05, 3.63) is 48.0 Å². The fourth-order valence-corrected chi connectivity index (χ4v) is 1.93. The largest absolute Gasteiger partial charge is 0.496 e. The highest BCUT2D eigenvalue weighted by Gasteiger charge is 2.13. The van der Waals surface area contributed by atoms with Gasteiger partial charge in [-0.05, 0) is 18.1 Å². The molecule has 1 unspecified atom stereocenters.